The van der Waals surface area contributed by atoms with Gasteiger partial charge < -0.3 is 10.6 Å². The number of pyridine rings is 1. The molecule has 1 heterocycles. The van der Waals surface area contributed by atoms with Crippen LogP contribution in [0.4, 0.5) is 5.82 Å². The molecule has 0 aromatic carbocycles. The van der Waals surface area contributed by atoms with Crippen LogP contribution < -0.4 is 10.6 Å². The molecule has 0 bridgehead atoms. The minimum Gasteiger partial charge on any atom is -0.356 e. The lowest BCUT2D eigenvalue weighted by Gasteiger charge is -2.33. The van der Waals surface area contributed by atoms with Crippen LogP contribution >= 0.6 is 0 Å². The highest BCUT2D eigenvalue weighted by Crippen LogP contribution is 2.29. The van der Waals surface area contributed by atoms with Crippen molar-refractivity contribution >= 4 is 5.82 Å². The van der Waals surface area contributed by atoms with Crippen molar-refractivity contribution in [1.82, 2.24) is 4.98 Å². The average Bonchev–Trinajstić information content (AvgIpc) is 2.29. The van der Waals surface area contributed by atoms with Crippen molar-refractivity contribution in [3.63, 3.8) is 0 Å². The van der Waals surface area contributed by atoms with Gasteiger partial charge in [-0.15, -0.1) is 0 Å². The first kappa shape index (κ1) is 13.3. The van der Waals surface area contributed by atoms with Gasteiger partial charge in [-0.3, -0.25) is 0 Å². The van der Waals surface area contributed by atoms with Gasteiger partial charge in [-0.25, -0.2) is 4.98 Å². The van der Waals surface area contributed by atoms with Gasteiger partial charge in [-0.05, 0) is 50.7 Å². The molecule has 1 aliphatic carbocycles. The van der Waals surface area contributed by atoms with Crippen molar-refractivity contribution in [2.45, 2.75) is 45.6 Å². The van der Waals surface area contributed by atoms with E-state index in [2.05, 4.69) is 29.8 Å². The second-order valence-corrected chi connectivity index (χ2v) is 5.50. The molecule has 18 heavy (non-hydrogen) atoms. The number of hydrogen-bond donors (Lipinski definition) is 1. The van der Waals surface area contributed by atoms with Gasteiger partial charge in [0.1, 0.15) is 5.82 Å². The third-order valence-corrected chi connectivity index (χ3v) is 3.79. The van der Waals surface area contributed by atoms with Gasteiger partial charge in [0.2, 0.25) is 0 Å². The van der Waals surface area contributed by atoms with E-state index in [-0.39, 0.29) is 6.04 Å². The van der Waals surface area contributed by atoms with Crippen LogP contribution in [0, 0.1) is 5.92 Å². The lowest BCUT2D eigenvalue weighted by atomic mass is 9.85. The van der Waals surface area contributed by atoms with E-state index >= 15 is 0 Å². The van der Waals surface area contributed by atoms with Crippen LogP contribution in [0.5, 0.6) is 0 Å². The van der Waals surface area contributed by atoms with E-state index in [9.17, 15) is 0 Å². The Morgan fingerprint density at radius 2 is 2.28 bits per heavy atom. The minimum absolute atomic E-state index is 0.190. The van der Waals surface area contributed by atoms with Crippen LogP contribution in [0.1, 0.15) is 38.7 Å². The second-order valence-electron chi connectivity index (χ2n) is 5.50. The van der Waals surface area contributed by atoms with Gasteiger partial charge in [-0.1, -0.05) is 12.5 Å². The van der Waals surface area contributed by atoms with Gasteiger partial charge in [0, 0.05) is 25.3 Å². The Hall–Kier alpha value is -1.09. The first-order valence-corrected chi connectivity index (χ1v) is 7.15. The van der Waals surface area contributed by atoms with E-state index in [1.54, 1.807) is 0 Å². The summed E-state index contributed by atoms with van der Waals surface area (Å²) >= 11 is 0. The maximum Gasteiger partial charge on any atom is 0.131 e. The van der Waals surface area contributed by atoms with Gasteiger partial charge in [0.15, 0.2) is 0 Å². The van der Waals surface area contributed by atoms with E-state index in [0.717, 1.165) is 31.2 Å². The van der Waals surface area contributed by atoms with Gasteiger partial charge in [0.05, 0.1) is 0 Å². The predicted octanol–water partition coefficient (Wildman–Crippen LogP) is 2.60. The standard InChI is InChI=1S/C15H25N3/c1-3-18(11-13-6-4-7-13)15-14(10-12(2)16)8-5-9-17-15/h5,8-9,12-13H,3-4,6-7,10-11,16H2,1-2H3. The summed E-state index contributed by atoms with van der Waals surface area (Å²) in [5.74, 6) is 2.01. The molecular formula is C15H25N3. The van der Waals surface area contributed by atoms with Crippen LogP contribution in [-0.2, 0) is 6.42 Å². The first-order chi connectivity index (χ1) is 8.70. The molecule has 0 amide bonds. The largest absolute Gasteiger partial charge is 0.356 e. The number of rotatable bonds is 6. The monoisotopic (exact) mass is 247 g/mol. The molecular weight excluding hydrogens is 222 g/mol. The number of nitrogens with zero attached hydrogens (tertiary/aromatic N) is 2. The van der Waals surface area contributed by atoms with Crippen molar-refractivity contribution in [3.05, 3.63) is 23.9 Å². The Labute approximate surface area is 110 Å². The molecule has 100 valence electrons. The van der Waals surface area contributed by atoms with Crippen molar-refractivity contribution in [1.29, 1.82) is 0 Å². The average molecular weight is 247 g/mol. The summed E-state index contributed by atoms with van der Waals surface area (Å²) < 4.78 is 0. The maximum atomic E-state index is 5.93. The van der Waals surface area contributed by atoms with Gasteiger partial charge in [-0.2, -0.15) is 0 Å². The Morgan fingerprint density at radius 3 is 2.83 bits per heavy atom. The Kier molecular flexibility index (Phi) is 4.59. The van der Waals surface area contributed by atoms with E-state index in [0.29, 0.717) is 0 Å². The number of anilines is 1. The fraction of sp³-hybridized carbons (Fsp3) is 0.667. The molecule has 3 nitrogen and oxygen atoms in total. The first-order valence-electron chi connectivity index (χ1n) is 7.15. The molecule has 1 aromatic heterocycles. The van der Waals surface area contributed by atoms with Crippen LogP contribution in [0.3, 0.4) is 0 Å². The van der Waals surface area contributed by atoms with Crippen LogP contribution in [0.2, 0.25) is 0 Å². The van der Waals surface area contributed by atoms with Crippen molar-refractivity contribution < 1.29 is 0 Å². The highest BCUT2D eigenvalue weighted by molar-refractivity contribution is 5.47. The lowest BCUT2D eigenvalue weighted by molar-refractivity contribution is 0.318. The van der Waals surface area contributed by atoms with Gasteiger partial charge >= 0.3 is 0 Å². The molecule has 0 aliphatic heterocycles. The third-order valence-electron chi connectivity index (χ3n) is 3.79. The van der Waals surface area contributed by atoms with Crippen LogP contribution in [0.25, 0.3) is 0 Å². The molecule has 3 heteroatoms. The SMILES string of the molecule is CCN(CC1CCC1)c1ncccc1CC(C)N. The van der Waals surface area contributed by atoms with E-state index in [1.807, 2.05) is 12.3 Å². The van der Waals surface area contributed by atoms with Crippen molar-refractivity contribution in [2.75, 3.05) is 18.0 Å². The molecule has 1 aliphatic rings. The summed E-state index contributed by atoms with van der Waals surface area (Å²) in [6.45, 7) is 6.45. The quantitative estimate of drug-likeness (QED) is 0.840. The zero-order chi connectivity index (χ0) is 13.0. The zero-order valence-electron chi connectivity index (χ0n) is 11.6. The molecule has 0 spiro atoms. The summed E-state index contributed by atoms with van der Waals surface area (Å²) in [4.78, 5) is 7.00. The molecule has 1 saturated carbocycles. The summed E-state index contributed by atoms with van der Waals surface area (Å²) in [6, 6.07) is 4.36. The summed E-state index contributed by atoms with van der Waals surface area (Å²) in [5.41, 5.74) is 7.21. The maximum absolute atomic E-state index is 5.93. The fourth-order valence-corrected chi connectivity index (χ4v) is 2.57. The Morgan fingerprint density at radius 1 is 1.50 bits per heavy atom. The van der Waals surface area contributed by atoms with Crippen LogP contribution in [-0.4, -0.2) is 24.1 Å². The van der Waals surface area contributed by atoms with Crippen molar-refractivity contribution in [3.8, 4) is 0 Å². The smallest absolute Gasteiger partial charge is 0.131 e. The topological polar surface area (TPSA) is 42.2 Å². The normalized spacial score (nSPS) is 17.3. The highest BCUT2D eigenvalue weighted by Gasteiger charge is 2.22. The summed E-state index contributed by atoms with van der Waals surface area (Å²) in [7, 11) is 0. The Balaban J connectivity index is 2.12. The fourth-order valence-electron chi connectivity index (χ4n) is 2.57. The molecule has 1 unspecified atom stereocenters. The molecule has 1 fully saturated rings. The second kappa shape index (κ2) is 6.19. The Bertz CT molecular complexity index is 372. The predicted molar refractivity (Wildman–Crippen MR) is 76.8 cm³/mol. The van der Waals surface area contributed by atoms with Crippen LogP contribution in [0.15, 0.2) is 18.3 Å². The zero-order valence-corrected chi connectivity index (χ0v) is 11.6. The summed E-state index contributed by atoms with van der Waals surface area (Å²) in [5, 5.41) is 0. The number of aromatic nitrogens is 1. The van der Waals surface area contributed by atoms with E-state index in [1.165, 1.54) is 24.8 Å². The molecule has 1 atom stereocenters. The van der Waals surface area contributed by atoms with Gasteiger partial charge in [0.25, 0.3) is 0 Å². The number of nitrogens with two attached hydrogens (primary N) is 1. The molecule has 2 N–H and O–H groups in total. The van der Waals surface area contributed by atoms with Crippen molar-refractivity contribution in [2.24, 2.45) is 11.7 Å². The molecule has 1 aromatic rings. The van der Waals surface area contributed by atoms with E-state index in [4.69, 9.17) is 5.73 Å². The number of hydrogen-bond acceptors (Lipinski definition) is 3. The lowest BCUT2D eigenvalue weighted by Crippen LogP contribution is -2.34. The van der Waals surface area contributed by atoms with E-state index < -0.39 is 0 Å². The highest BCUT2D eigenvalue weighted by atomic mass is 15.2. The molecule has 2 rings (SSSR count). The molecule has 0 saturated heterocycles. The molecule has 0 radical (unpaired) electrons. The summed E-state index contributed by atoms with van der Waals surface area (Å²) in [6.07, 6.45) is 6.96. The minimum atomic E-state index is 0.190. The third kappa shape index (κ3) is 3.22.